The van der Waals surface area contributed by atoms with Gasteiger partial charge in [-0.3, -0.25) is 4.79 Å². The Morgan fingerprint density at radius 2 is 2.17 bits per heavy atom. The predicted molar refractivity (Wildman–Crippen MR) is 90.1 cm³/mol. The molecule has 6 heteroatoms. The standard InChI is InChI=1S/C17H21ClN2O3/c1-22-15-8-11(7-13(18)17(15)23-2)3-4-16(21)20-6-5-12-9-19-10-14(12)20/h3-4,7-8,12,14,19H,5-6,9-10H2,1-2H3/b4-3+/t12-,14+/m0/s1. The third-order valence-corrected chi connectivity index (χ3v) is 4.88. The number of hydrogen-bond donors (Lipinski definition) is 1. The lowest BCUT2D eigenvalue weighted by Crippen LogP contribution is -2.38. The van der Waals surface area contributed by atoms with Crippen molar-refractivity contribution in [3.8, 4) is 11.5 Å². The van der Waals surface area contributed by atoms with Crippen molar-refractivity contribution in [1.29, 1.82) is 0 Å². The Kier molecular flexibility index (Phi) is 4.78. The first kappa shape index (κ1) is 16.1. The van der Waals surface area contributed by atoms with E-state index < -0.39 is 0 Å². The summed E-state index contributed by atoms with van der Waals surface area (Å²) in [6.07, 6.45) is 4.46. The molecule has 124 valence electrons. The van der Waals surface area contributed by atoms with Gasteiger partial charge in [-0.1, -0.05) is 11.6 Å². The molecule has 0 aliphatic carbocycles. The van der Waals surface area contributed by atoms with E-state index in [0.717, 1.165) is 31.6 Å². The van der Waals surface area contributed by atoms with Gasteiger partial charge in [0, 0.05) is 31.8 Å². The summed E-state index contributed by atoms with van der Waals surface area (Å²) in [4.78, 5) is 14.4. The quantitative estimate of drug-likeness (QED) is 0.856. The van der Waals surface area contributed by atoms with Gasteiger partial charge < -0.3 is 19.7 Å². The van der Waals surface area contributed by atoms with Crippen LogP contribution in [0.5, 0.6) is 11.5 Å². The summed E-state index contributed by atoms with van der Waals surface area (Å²) < 4.78 is 10.5. The third kappa shape index (κ3) is 3.16. The zero-order valence-corrected chi connectivity index (χ0v) is 14.1. The SMILES string of the molecule is COc1cc(/C=C/C(=O)N2CC[C@H]3CNC[C@H]32)cc(Cl)c1OC. The highest BCUT2D eigenvalue weighted by molar-refractivity contribution is 6.32. The lowest BCUT2D eigenvalue weighted by Gasteiger charge is -2.21. The minimum Gasteiger partial charge on any atom is -0.493 e. The summed E-state index contributed by atoms with van der Waals surface area (Å²) in [7, 11) is 3.10. The van der Waals surface area contributed by atoms with Crippen LogP contribution in [-0.2, 0) is 4.79 Å². The molecule has 0 aromatic heterocycles. The molecule has 23 heavy (non-hydrogen) atoms. The summed E-state index contributed by atoms with van der Waals surface area (Å²) in [5.41, 5.74) is 0.807. The minimum absolute atomic E-state index is 0.0482. The summed E-state index contributed by atoms with van der Waals surface area (Å²) in [5, 5.41) is 3.81. The number of halogens is 1. The van der Waals surface area contributed by atoms with E-state index in [0.29, 0.717) is 28.5 Å². The fraction of sp³-hybridized carbons (Fsp3) is 0.471. The molecular formula is C17H21ClN2O3. The van der Waals surface area contributed by atoms with Crippen LogP contribution < -0.4 is 14.8 Å². The van der Waals surface area contributed by atoms with E-state index in [-0.39, 0.29) is 5.91 Å². The highest BCUT2D eigenvalue weighted by Gasteiger charge is 2.39. The number of nitrogens with zero attached hydrogens (tertiary/aromatic N) is 1. The van der Waals surface area contributed by atoms with Crippen molar-refractivity contribution in [2.45, 2.75) is 12.5 Å². The highest BCUT2D eigenvalue weighted by Crippen LogP contribution is 2.36. The van der Waals surface area contributed by atoms with Crippen molar-refractivity contribution >= 4 is 23.6 Å². The average Bonchev–Trinajstić information content (AvgIpc) is 3.15. The number of carbonyl (C=O) groups is 1. The monoisotopic (exact) mass is 336 g/mol. The molecule has 2 atom stereocenters. The zero-order valence-electron chi connectivity index (χ0n) is 13.3. The van der Waals surface area contributed by atoms with E-state index >= 15 is 0 Å². The van der Waals surface area contributed by atoms with Crippen LogP contribution in [0.2, 0.25) is 5.02 Å². The number of nitrogens with one attached hydrogen (secondary N) is 1. The van der Waals surface area contributed by atoms with Crippen LogP contribution in [0.15, 0.2) is 18.2 Å². The molecule has 2 aliphatic rings. The van der Waals surface area contributed by atoms with E-state index in [4.69, 9.17) is 21.1 Å². The summed E-state index contributed by atoms with van der Waals surface area (Å²) in [6.45, 7) is 2.75. The van der Waals surface area contributed by atoms with Crippen LogP contribution in [0.25, 0.3) is 6.08 Å². The van der Waals surface area contributed by atoms with Crippen molar-refractivity contribution in [3.63, 3.8) is 0 Å². The second-order valence-electron chi connectivity index (χ2n) is 5.88. The van der Waals surface area contributed by atoms with Crippen molar-refractivity contribution < 1.29 is 14.3 Å². The van der Waals surface area contributed by atoms with Gasteiger partial charge in [0.2, 0.25) is 5.91 Å². The number of benzene rings is 1. The van der Waals surface area contributed by atoms with Gasteiger partial charge in [-0.05, 0) is 36.1 Å². The van der Waals surface area contributed by atoms with Gasteiger partial charge in [0.05, 0.1) is 19.2 Å². The van der Waals surface area contributed by atoms with Crippen LogP contribution in [0.1, 0.15) is 12.0 Å². The largest absolute Gasteiger partial charge is 0.493 e. The first-order valence-electron chi connectivity index (χ1n) is 7.75. The number of rotatable bonds is 4. The fourth-order valence-electron chi connectivity index (χ4n) is 3.42. The Morgan fingerprint density at radius 3 is 2.91 bits per heavy atom. The van der Waals surface area contributed by atoms with Gasteiger partial charge in [-0.15, -0.1) is 0 Å². The molecule has 1 N–H and O–H groups in total. The zero-order chi connectivity index (χ0) is 16.4. The number of likely N-dealkylation sites (tertiary alicyclic amines) is 1. The maximum Gasteiger partial charge on any atom is 0.246 e. The number of methoxy groups -OCH3 is 2. The average molecular weight is 337 g/mol. The van der Waals surface area contributed by atoms with Crippen LogP contribution in [-0.4, -0.2) is 50.7 Å². The van der Waals surface area contributed by atoms with E-state index in [1.165, 1.54) is 0 Å². The summed E-state index contributed by atoms with van der Waals surface area (Å²) in [6, 6.07) is 3.90. The van der Waals surface area contributed by atoms with E-state index in [1.807, 2.05) is 4.90 Å². The molecule has 5 nitrogen and oxygen atoms in total. The third-order valence-electron chi connectivity index (χ3n) is 4.60. The molecule has 2 saturated heterocycles. The Morgan fingerprint density at radius 1 is 1.35 bits per heavy atom. The number of carbonyl (C=O) groups excluding carboxylic acids is 1. The molecule has 2 fully saturated rings. The Bertz CT molecular complexity index is 633. The molecule has 1 aromatic carbocycles. The molecule has 0 radical (unpaired) electrons. The Labute approximate surface area is 141 Å². The van der Waals surface area contributed by atoms with Crippen molar-refractivity contribution in [2.24, 2.45) is 5.92 Å². The second-order valence-corrected chi connectivity index (χ2v) is 6.28. The molecule has 3 rings (SSSR count). The number of fused-ring (bicyclic) bond motifs is 1. The number of hydrogen-bond acceptors (Lipinski definition) is 4. The maximum atomic E-state index is 12.4. The van der Waals surface area contributed by atoms with E-state index in [1.54, 1.807) is 38.5 Å². The maximum absolute atomic E-state index is 12.4. The lowest BCUT2D eigenvalue weighted by molar-refractivity contribution is -0.126. The first-order chi connectivity index (χ1) is 11.1. The molecule has 0 saturated carbocycles. The normalized spacial score (nSPS) is 23.3. The van der Waals surface area contributed by atoms with Crippen LogP contribution in [0.3, 0.4) is 0 Å². The topological polar surface area (TPSA) is 50.8 Å². The minimum atomic E-state index is 0.0482. The second kappa shape index (κ2) is 6.81. The van der Waals surface area contributed by atoms with Gasteiger partial charge in [0.1, 0.15) is 0 Å². The fourth-order valence-corrected chi connectivity index (χ4v) is 3.72. The molecular weight excluding hydrogens is 316 g/mol. The van der Waals surface area contributed by atoms with Gasteiger partial charge in [-0.2, -0.15) is 0 Å². The number of ether oxygens (including phenoxy) is 2. The summed E-state index contributed by atoms with van der Waals surface area (Å²) in [5.74, 6) is 1.69. The molecule has 2 aliphatic heterocycles. The van der Waals surface area contributed by atoms with E-state index in [2.05, 4.69) is 5.32 Å². The predicted octanol–water partition coefficient (Wildman–Crippen LogP) is 2.19. The molecule has 2 heterocycles. The molecule has 1 aromatic rings. The highest BCUT2D eigenvalue weighted by atomic mass is 35.5. The van der Waals surface area contributed by atoms with Crippen molar-refractivity contribution in [3.05, 3.63) is 28.8 Å². The number of amides is 1. The van der Waals surface area contributed by atoms with Gasteiger partial charge in [-0.25, -0.2) is 0 Å². The van der Waals surface area contributed by atoms with E-state index in [9.17, 15) is 4.79 Å². The van der Waals surface area contributed by atoms with Gasteiger partial charge in [0.15, 0.2) is 11.5 Å². The molecule has 0 unspecified atom stereocenters. The molecule has 0 bridgehead atoms. The van der Waals surface area contributed by atoms with Gasteiger partial charge in [0.25, 0.3) is 0 Å². The van der Waals surface area contributed by atoms with Crippen LogP contribution in [0, 0.1) is 5.92 Å². The van der Waals surface area contributed by atoms with Crippen LogP contribution >= 0.6 is 11.6 Å². The van der Waals surface area contributed by atoms with Crippen LogP contribution in [0.4, 0.5) is 0 Å². The Balaban J connectivity index is 1.75. The van der Waals surface area contributed by atoms with Crippen molar-refractivity contribution in [1.82, 2.24) is 10.2 Å². The smallest absolute Gasteiger partial charge is 0.246 e. The molecule has 0 spiro atoms. The lowest BCUT2D eigenvalue weighted by atomic mass is 10.1. The molecule has 1 amide bonds. The summed E-state index contributed by atoms with van der Waals surface area (Å²) >= 11 is 6.19. The first-order valence-corrected chi connectivity index (χ1v) is 8.12. The Hall–Kier alpha value is -1.72. The van der Waals surface area contributed by atoms with Crippen molar-refractivity contribution in [2.75, 3.05) is 33.9 Å². The van der Waals surface area contributed by atoms with Gasteiger partial charge >= 0.3 is 0 Å².